The van der Waals surface area contributed by atoms with Crippen molar-refractivity contribution in [1.82, 2.24) is 4.90 Å². The number of carbonyl (C=O) groups excluding carboxylic acids is 1. The Balaban J connectivity index is 1.64. The first-order valence-electron chi connectivity index (χ1n) is 8.42. The maximum atomic E-state index is 13.6. The van der Waals surface area contributed by atoms with Gasteiger partial charge in [-0.1, -0.05) is 30.7 Å². The number of ether oxygens (including phenoxy) is 1. The third-order valence-electron chi connectivity index (χ3n) is 4.86. The predicted molar refractivity (Wildman–Crippen MR) is 91.5 cm³/mol. The molecule has 3 rings (SSSR count). The first kappa shape index (κ1) is 17.4. The zero-order chi connectivity index (χ0) is 17.9. The molecule has 0 heterocycles. The van der Waals surface area contributed by atoms with Crippen LogP contribution in [0.4, 0.5) is 8.78 Å². The number of benzene rings is 2. The van der Waals surface area contributed by atoms with Crippen molar-refractivity contribution < 1.29 is 18.3 Å². The van der Waals surface area contributed by atoms with Crippen molar-refractivity contribution in [2.45, 2.75) is 24.7 Å². The summed E-state index contributed by atoms with van der Waals surface area (Å²) in [6.07, 6.45) is 2.38. The number of nitrogens with zero attached hydrogens (tertiary/aromatic N) is 1. The third kappa shape index (κ3) is 3.50. The van der Waals surface area contributed by atoms with Gasteiger partial charge in [-0.2, -0.15) is 0 Å². The number of amides is 1. The van der Waals surface area contributed by atoms with E-state index in [1.165, 1.54) is 18.2 Å². The largest absolute Gasteiger partial charge is 0.489 e. The monoisotopic (exact) mass is 345 g/mol. The zero-order valence-electron chi connectivity index (χ0n) is 14.2. The second-order valence-electron chi connectivity index (χ2n) is 6.45. The fourth-order valence-electron chi connectivity index (χ4n) is 3.26. The van der Waals surface area contributed by atoms with Crippen molar-refractivity contribution in [1.29, 1.82) is 0 Å². The fourth-order valence-corrected chi connectivity index (χ4v) is 3.26. The summed E-state index contributed by atoms with van der Waals surface area (Å²) in [5.41, 5.74) is 0.0834. The fraction of sp³-hybridized carbons (Fsp3) is 0.350. The van der Waals surface area contributed by atoms with Gasteiger partial charge in [0.1, 0.15) is 12.4 Å². The van der Waals surface area contributed by atoms with Crippen LogP contribution in [0.5, 0.6) is 5.75 Å². The molecule has 1 fully saturated rings. The van der Waals surface area contributed by atoms with E-state index in [4.69, 9.17) is 4.74 Å². The minimum Gasteiger partial charge on any atom is -0.489 e. The minimum absolute atomic E-state index is 0.0403. The van der Waals surface area contributed by atoms with Crippen LogP contribution in [0.2, 0.25) is 0 Å². The van der Waals surface area contributed by atoms with E-state index in [2.05, 4.69) is 0 Å². The number of halogens is 2. The van der Waals surface area contributed by atoms with Crippen LogP contribution in [0.15, 0.2) is 48.5 Å². The molecule has 1 aliphatic rings. The molecule has 0 spiro atoms. The molecule has 1 aliphatic carbocycles. The van der Waals surface area contributed by atoms with Crippen LogP contribution >= 0.6 is 0 Å². The molecule has 0 radical (unpaired) electrons. The molecule has 0 atom stereocenters. The molecule has 25 heavy (non-hydrogen) atoms. The SMILES string of the molecule is CN(CCOc1ccccc1F)C(=O)C1(c2cccc(F)c2)CCC1. The van der Waals surface area contributed by atoms with E-state index in [9.17, 15) is 13.6 Å². The molecule has 2 aromatic rings. The third-order valence-corrected chi connectivity index (χ3v) is 4.86. The van der Waals surface area contributed by atoms with Crippen LogP contribution in [0.3, 0.4) is 0 Å². The van der Waals surface area contributed by atoms with Gasteiger partial charge in [-0.25, -0.2) is 8.78 Å². The summed E-state index contributed by atoms with van der Waals surface area (Å²) in [7, 11) is 1.70. The Kier molecular flexibility index (Phi) is 5.02. The summed E-state index contributed by atoms with van der Waals surface area (Å²) in [5.74, 6) is -0.623. The number of likely N-dealkylation sites (N-methyl/N-ethyl adjacent to an activating group) is 1. The molecule has 1 saturated carbocycles. The number of hydrogen-bond acceptors (Lipinski definition) is 2. The van der Waals surface area contributed by atoms with Crippen LogP contribution in [0, 0.1) is 11.6 Å². The van der Waals surface area contributed by atoms with Crippen LogP contribution in [-0.4, -0.2) is 31.0 Å². The lowest BCUT2D eigenvalue weighted by Crippen LogP contribution is -2.50. The Morgan fingerprint density at radius 1 is 1.16 bits per heavy atom. The predicted octanol–water partition coefficient (Wildman–Crippen LogP) is 3.92. The molecule has 0 bridgehead atoms. The second-order valence-corrected chi connectivity index (χ2v) is 6.45. The van der Waals surface area contributed by atoms with Gasteiger partial charge in [-0.3, -0.25) is 4.79 Å². The van der Waals surface area contributed by atoms with Crippen molar-refractivity contribution in [3.05, 3.63) is 65.7 Å². The smallest absolute Gasteiger partial charge is 0.233 e. The van der Waals surface area contributed by atoms with E-state index >= 15 is 0 Å². The lowest BCUT2D eigenvalue weighted by molar-refractivity contribution is -0.139. The maximum absolute atomic E-state index is 13.6. The highest BCUT2D eigenvalue weighted by atomic mass is 19.1. The summed E-state index contributed by atoms with van der Waals surface area (Å²) in [4.78, 5) is 14.5. The molecule has 3 nitrogen and oxygen atoms in total. The molecule has 0 N–H and O–H groups in total. The topological polar surface area (TPSA) is 29.5 Å². The number of para-hydroxylation sites is 1. The molecule has 0 saturated heterocycles. The number of carbonyl (C=O) groups is 1. The van der Waals surface area contributed by atoms with Crippen LogP contribution in [-0.2, 0) is 10.2 Å². The van der Waals surface area contributed by atoms with E-state index in [1.807, 2.05) is 6.07 Å². The van der Waals surface area contributed by atoms with Gasteiger partial charge >= 0.3 is 0 Å². The van der Waals surface area contributed by atoms with E-state index < -0.39 is 11.2 Å². The van der Waals surface area contributed by atoms with Gasteiger partial charge in [0.05, 0.1) is 12.0 Å². The van der Waals surface area contributed by atoms with E-state index in [0.29, 0.717) is 19.4 Å². The van der Waals surface area contributed by atoms with E-state index in [-0.39, 0.29) is 24.1 Å². The van der Waals surface area contributed by atoms with E-state index in [1.54, 1.807) is 36.2 Å². The molecule has 0 aliphatic heterocycles. The van der Waals surface area contributed by atoms with Crippen molar-refractivity contribution in [2.75, 3.05) is 20.2 Å². The summed E-state index contributed by atoms with van der Waals surface area (Å²) in [6, 6.07) is 12.4. The summed E-state index contributed by atoms with van der Waals surface area (Å²) >= 11 is 0. The Morgan fingerprint density at radius 3 is 2.56 bits per heavy atom. The summed E-state index contributed by atoms with van der Waals surface area (Å²) in [5, 5.41) is 0. The van der Waals surface area contributed by atoms with Crippen LogP contribution < -0.4 is 4.74 Å². The Hall–Kier alpha value is -2.43. The Morgan fingerprint density at radius 2 is 1.92 bits per heavy atom. The van der Waals surface area contributed by atoms with Crippen molar-refractivity contribution >= 4 is 5.91 Å². The molecular formula is C20H21F2NO2. The van der Waals surface area contributed by atoms with Gasteiger partial charge < -0.3 is 9.64 Å². The molecule has 132 valence electrons. The summed E-state index contributed by atoms with van der Waals surface area (Å²) in [6.45, 7) is 0.534. The molecule has 0 unspecified atom stereocenters. The summed E-state index contributed by atoms with van der Waals surface area (Å²) < 4.78 is 32.5. The average molecular weight is 345 g/mol. The first-order chi connectivity index (χ1) is 12.0. The molecule has 5 heteroatoms. The van der Waals surface area contributed by atoms with Gasteiger partial charge in [-0.05, 0) is 42.7 Å². The first-order valence-corrected chi connectivity index (χ1v) is 8.42. The number of rotatable bonds is 6. The van der Waals surface area contributed by atoms with Crippen molar-refractivity contribution in [3.63, 3.8) is 0 Å². The second kappa shape index (κ2) is 7.21. The van der Waals surface area contributed by atoms with Gasteiger partial charge in [0.25, 0.3) is 0 Å². The number of hydrogen-bond donors (Lipinski definition) is 0. The molecule has 2 aromatic carbocycles. The highest BCUT2D eigenvalue weighted by Crippen LogP contribution is 2.45. The quantitative estimate of drug-likeness (QED) is 0.794. The minimum atomic E-state index is -0.644. The van der Waals surface area contributed by atoms with Crippen molar-refractivity contribution in [3.8, 4) is 5.75 Å². The normalized spacial score (nSPS) is 15.3. The highest BCUT2D eigenvalue weighted by Gasteiger charge is 2.47. The van der Waals surface area contributed by atoms with Crippen LogP contribution in [0.25, 0.3) is 0 Å². The maximum Gasteiger partial charge on any atom is 0.233 e. The van der Waals surface area contributed by atoms with Gasteiger partial charge in [0, 0.05) is 7.05 Å². The lowest BCUT2D eigenvalue weighted by atomic mass is 9.63. The van der Waals surface area contributed by atoms with E-state index in [0.717, 1.165) is 12.0 Å². The van der Waals surface area contributed by atoms with Gasteiger partial charge in [-0.15, -0.1) is 0 Å². The molecule has 1 amide bonds. The Bertz CT molecular complexity index is 759. The lowest BCUT2D eigenvalue weighted by Gasteiger charge is -2.43. The average Bonchev–Trinajstić information content (AvgIpc) is 2.55. The highest BCUT2D eigenvalue weighted by molar-refractivity contribution is 5.89. The zero-order valence-corrected chi connectivity index (χ0v) is 14.2. The van der Waals surface area contributed by atoms with Gasteiger partial charge in [0.2, 0.25) is 5.91 Å². The molecular weight excluding hydrogens is 324 g/mol. The van der Waals surface area contributed by atoms with Crippen molar-refractivity contribution in [2.24, 2.45) is 0 Å². The standard InChI is InChI=1S/C20H21F2NO2/c1-23(12-13-25-18-9-3-2-8-17(18)22)19(24)20(10-5-11-20)15-6-4-7-16(21)14-15/h2-4,6-9,14H,5,10-13H2,1H3. The van der Waals surface area contributed by atoms with Gasteiger partial charge in [0.15, 0.2) is 11.6 Å². The Labute approximate surface area is 146 Å². The van der Waals surface area contributed by atoms with Crippen LogP contribution in [0.1, 0.15) is 24.8 Å². The molecule has 0 aromatic heterocycles.